The minimum atomic E-state index is -0.0407. The van der Waals surface area contributed by atoms with E-state index in [1.165, 1.54) is 10.9 Å². The molecule has 1 aliphatic rings. The van der Waals surface area contributed by atoms with Crippen LogP contribution in [0.1, 0.15) is 15.9 Å². The molecule has 0 saturated carbocycles. The van der Waals surface area contributed by atoms with E-state index in [9.17, 15) is 4.79 Å². The molecule has 0 unspecified atom stereocenters. The number of ether oxygens (including phenoxy) is 2. The third-order valence-corrected chi connectivity index (χ3v) is 5.37. The summed E-state index contributed by atoms with van der Waals surface area (Å²) in [5.74, 6) is 1.05. The van der Waals surface area contributed by atoms with Gasteiger partial charge in [0, 0.05) is 49.8 Å². The lowest BCUT2D eigenvalue weighted by Crippen LogP contribution is -2.48. The summed E-state index contributed by atoms with van der Waals surface area (Å²) in [4.78, 5) is 20.7. The Bertz CT molecular complexity index is 952. The number of H-pyrrole nitrogens is 1. The van der Waals surface area contributed by atoms with Gasteiger partial charge in [0.1, 0.15) is 17.1 Å². The van der Waals surface area contributed by atoms with E-state index in [4.69, 9.17) is 9.47 Å². The van der Waals surface area contributed by atoms with E-state index in [-0.39, 0.29) is 5.91 Å². The monoisotopic (exact) mass is 379 g/mol. The zero-order valence-corrected chi connectivity index (χ0v) is 16.3. The average Bonchev–Trinajstić information content (AvgIpc) is 3.16. The van der Waals surface area contributed by atoms with Crippen LogP contribution < -0.4 is 9.47 Å². The molecule has 3 aromatic rings. The minimum Gasteiger partial charge on any atom is -0.496 e. The molecule has 1 amide bonds. The summed E-state index contributed by atoms with van der Waals surface area (Å²) in [5, 5.41) is 1.26. The normalized spacial score (nSPS) is 15.0. The molecule has 0 atom stereocenters. The lowest BCUT2D eigenvalue weighted by atomic mass is 10.1. The fourth-order valence-corrected chi connectivity index (χ4v) is 3.83. The van der Waals surface area contributed by atoms with Crippen LogP contribution in [0.25, 0.3) is 10.9 Å². The number of nitrogens with zero attached hydrogens (tertiary/aromatic N) is 2. The van der Waals surface area contributed by atoms with Crippen molar-refractivity contribution in [2.75, 3.05) is 40.4 Å². The zero-order valence-electron chi connectivity index (χ0n) is 16.3. The van der Waals surface area contributed by atoms with Crippen LogP contribution >= 0.6 is 0 Å². The fourth-order valence-electron chi connectivity index (χ4n) is 3.83. The molecule has 1 aliphatic heterocycles. The first-order valence-corrected chi connectivity index (χ1v) is 9.49. The van der Waals surface area contributed by atoms with Crippen LogP contribution in [0.15, 0.2) is 48.7 Å². The number of fused-ring (bicyclic) bond motifs is 1. The molecular formula is C22H25N3O3. The molecular weight excluding hydrogens is 354 g/mol. The number of nitrogens with one attached hydrogen (secondary N) is 1. The van der Waals surface area contributed by atoms with Crippen molar-refractivity contribution in [1.29, 1.82) is 0 Å². The molecule has 0 radical (unpaired) electrons. The highest BCUT2D eigenvalue weighted by molar-refractivity contribution is 5.99. The van der Waals surface area contributed by atoms with Crippen molar-refractivity contribution in [3.8, 4) is 11.5 Å². The molecule has 1 N–H and O–H groups in total. The van der Waals surface area contributed by atoms with Gasteiger partial charge in [-0.2, -0.15) is 0 Å². The van der Waals surface area contributed by atoms with Gasteiger partial charge in [0.25, 0.3) is 5.91 Å². The summed E-state index contributed by atoms with van der Waals surface area (Å²) < 4.78 is 10.8. The second-order valence-corrected chi connectivity index (χ2v) is 6.97. The number of benzene rings is 2. The van der Waals surface area contributed by atoms with Crippen LogP contribution in [-0.4, -0.2) is 61.1 Å². The van der Waals surface area contributed by atoms with Crippen molar-refractivity contribution < 1.29 is 14.3 Å². The maximum atomic E-state index is 13.1. The van der Waals surface area contributed by atoms with Gasteiger partial charge in [0.05, 0.1) is 14.2 Å². The first-order chi connectivity index (χ1) is 13.7. The van der Waals surface area contributed by atoms with Crippen molar-refractivity contribution >= 4 is 16.8 Å². The Kier molecular flexibility index (Phi) is 5.21. The Labute approximate surface area is 164 Å². The summed E-state index contributed by atoms with van der Waals surface area (Å²) in [6.45, 7) is 3.92. The molecule has 0 bridgehead atoms. The molecule has 6 nitrogen and oxygen atoms in total. The number of carbonyl (C=O) groups is 1. The van der Waals surface area contributed by atoms with Gasteiger partial charge in [-0.05, 0) is 23.8 Å². The molecule has 2 aromatic carbocycles. The SMILES string of the molecule is COc1cccc(OC)c1C(=O)N1CCN(Cc2c[nH]c3ccccc23)CC1. The molecule has 0 aliphatic carbocycles. The van der Waals surface area contributed by atoms with Crippen molar-refractivity contribution in [2.45, 2.75) is 6.54 Å². The van der Waals surface area contributed by atoms with Gasteiger partial charge in [0.15, 0.2) is 0 Å². The summed E-state index contributed by atoms with van der Waals surface area (Å²) in [7, 11) is 3.15. The number of carbonyl (C=O) groups excluding carboxylic acids is 1. The van der Waals surface area contributed by atoms with Gasteiger partial charge in [0.2, 0.25) is 0 Å². The van der Waals surface area contributed by atoms with Crippen LogP contribution in [0.2, 0.25) is 0 Å². The van der Waals surface area contributed by atoms with Gasteiger partial charge in [-0.25, -0.2) is 0 Å². The summed E-state index contributed by atoms with van der Waals surface area (Å²) in [6.07, 6.45) is 2.09. The fraction of sp³-hybridized carbons (Fsp3) is 0.318. The van der Waals surface area contributed by atoms with E-state index >= 15 is 0 Å². The smallest absolute Gasteiger partial charge is 0.261 e. The van der Waals surface area contributed by atoms with Crippen LogP contribution in [0.3, 0.4) is 0 Å². The standard InChI is InChI=1S/C22H25N3O3/c1-27-19-8-5-9-20(28-2)21(19)22(26)25-12-10-24(11-13-25)15-16-14-23-18-7-4-3-6-17(16)18/h3-9,14,23H,10-13,15H2,1-2H3. The van der Waals surface area contributed by atoms with Gasteiger partial charge < -0.3 is 19.4 Å². The second-order valence-electron chi connectivity index (χ2n) is 6.97. The zero-order chi connectivity index (χ0) is 19.5. The predicted molar refractivity (Wildman–Crippen MR) is 109 cm³/mol. The predicted octanol–water partition coefficient (Wildman–Crippen LogP) is 3.14. The topological polar surface area (TPSA) is 57.8 Å². The molecule has 2 heterocycles. The number of para-hydroxylation sites is 1. The Balaban J connectivity index is 1.44. The van der Waals surface area contributed by atoms with Crippen LogP contribution in [0, 0.1) is 0 Å². The highest BCUT2D eigenvalue weighted by Crippen LogP contribution is 2.30. The number of aromatic amines is 1. The van der Waals surface area contributed by atoms with Crippen molar-refractivity contribution in [1.82, 2.24) is 14.8 Å². The number of hydrogen-bond donors (Lipinski definition) is 1. The van der Waals surface area contributed by atoms with E-state index in [0.29, 0.717) is 30.2 Å². The second kappa shape index (κ2) is 7.94. The van der Waals surface area contributed by atoms with Crippen molar-refractivity contribution in [3.63, 3.8) is 0 Å². The third kappa shape index (κ3) is 3.43. The number of aromatic nitrogens is 1. The highest BCUT2D eigenvalue weighted by atomic mass is 16.5. The summed E-state index contributed by atoms with van der Waals surface area (Å²) in [5.41, 5.74) is 2.95. The van der Waals surface area contributed by atoms with E-state index in [1.807, 2.05) is 17.0 Å². The molecule has 0 spiro atoms. The van der Waals surface area contributed by atoms with Crippen LogP contribution in [0.4, 0.5) is 0 Å². The molecule has 1 aromatic heterocycles. The molecule has 28 heavy (non-hydrogen) atoms. The van der Waals surface area contributed by atoms with Crippen molar-refractivity contribution in [2.24, 2.45) is 0 Å². The molecule has 1 saturated heterocycles. The van der Waals surface area contributed by atoms with E-state index in [0.717, 1.165) is 25.2 Å². The van der Waals surface area contributed by atoms with Gasteiger partial charge >= 0.3 is 0 Å². The highest BCUT2D eigenvalue weighted by Gasteiger charge is 2.27. The Hall–Kier alpha value is -2.99. The summed E-state index contributed by atoms with van der Waals surface area (Å²) in [6, 6.07) is 13.8. The van der Waals surface area contributed by atoms with Crippen molar-refractivity contribution in [3.05, 3.63) is 59.8 Å². The third-order valence-electron chi connectivity index (χ3n) is 5.37. The molecule has 6 heteroatoms. The largest absolute Gasteiger partial charge is 0.496 e. The van der Waals surface area contributed by atoms with Gasteiger partial charge in [-0.1, -0.05) is 24.3 Å². The maximum Gasteiger partial charge on any atom is 0.261 e. The quantitative estimate of drug-likeness (QED) is 0.740. The summed E-state index contributed by atoms with van der Waals surface area (Å²) >= 11 is 0. The maximum absolute atomic E-state index is 13.1. The lowest BCUT2D eigenvalue weighted by Gasteiger charge is -2.35. The first-order valence-electron chi connectivity index (χ1n) is 9.49. The van der Waals surface area contributed by atoms with Crippen LogP contribution in [-0.2, 0) is 6.54 Å². The number of rotatable bonds is 5. The molecule has 146 valence electrons. The molecule has 4 rings (SSSR count). The Morgan fingerprint density at radius 1 is 0.964 bits per heavy atom. The van der Waals surface area contributed by atoms with E-state index in [2.05, 4.69) is 34.3 Å². The lowest BCUT2D eigenvalue weighted by molar-refractivity contribution is 0.0622. The van der Waals surface area contributed by atoms with Crippen LogP contribution in [0.5, 0.6) is 11.5 Å². The average molecular weight is 379 g/mol. The molecule has 1 fully saturated rings. The number of methoxy groups -OCH3 is 2. The van der Waals surface area contributed by atoms with Gasteiger partial charge in [-0.3, -0.25) is 9.69 Å². The number of amides is 1. The van der Waals surface area contributed by atoms with Gasteiger partial charge in [-0.15, -0.1) is 0 Å². The Morgan fingerprint density at radius 3 is 2.32 bits per heavy atom. The van der Waals surface area contributed by atoms with E-state index < -0.39 is 0 Å². The minimum absolute atomic E-state index is 0.0407. The first kappa shape index (κ1) is 18.4. The number of piperazine rings is 1. The Morgan fingerprint density at radius 2 is 1.64 bits per heavy atom. The number of hydrogen-bond acceptors (Lipinski definition) is 4. The van der Waals surface area contributed by atoms with E-state index in [1.54, 1.807) is 26.4 Å².